The van der Waals surface area contributed by atoms with Gasteiger partial charge in [0.25, 0.3) is 5.91 Å². The van der Waals surface area contributed by atoms with Crippen LogP contribution in [0.1, 0.15) is 5.56 Å². The quantitative estimate of drug-likeness (QED) is 0.572. The summed E-state index contributed by atoms with van der Waals surface area (Å²) in [6, 6.07) is 3.43. The molecule has 17 heavy (non-hydrogen) atoms. The van der Waals surface area contributed by atoms with Gasteiger partial charge in [-0.15, -0.1) is 0 Å². The van der Waals surface area contributed by atoms with Gasteiger partial charge in [-0.05, 0) is 17.7 Å². The lowest BCUT2D eigenvalue weighted by Gasteiger charge is -2.14. The second-order valence-electron chi connectivity index (χ2n) is 3.80. The molecule has 1 amide bonds. The number of rotatable bonds is 3. The van der Waals surface area contributed by atoms with Crippen molar-refractivity contribution < 1.29 is 19.5 Å². The van der Waals surface area contributed by atoms with Gasteiger partial charge in [-0.3, -0.25) is 19.4 Å². The van der Waals surface area contributed by atoms with Crippen molar-refractivity contribution in [3.63, 3.8) is 0 Å². The van der Waals surface area contributed by atoms with E-state index in [1.165, 1.54) is 4.90 Å². The molecular formula is C11H10N2O4. The summed E-state index contributed by atoms with van der Waals surface area (Å²) < 4.78 is 0. The normalized spacial score (nSPS) is 19.8. The molecule has 1 aliphatic heterocycles. The van der Waals surface area contributed by atoms with Crippen LogP contribution in [0.4, 0.5) is 0 Å². The monoisotopic (exact) mass is 234 g/mol. The van der Waals surface area contributed by atoms with Crippen LogP contribution in [0.25, 0.3) is 0 Å². The van der Waals surface area contributed by atoms with Crippen molar-refractivity contribution in [2.75, 3.05) is 6.54 Å². The summed E-state index contributed by atoms with van der Waals surface area (Å²) in [6.45, 7) is 0.173. The average Bonchev–Trinajstić information content (AvgIpc) is 2.59. The number of pyridine rings is 1. The number of amides is 1. The number of hydrogen-bond acceptors (Lipinski definition) is 4. The van der Waals surface area contributed by atoms with E-state index in [1.54, 1.807) is 24.5 Å². The number of hydrogen-bond donors (Lipinski definition) is 1. The number of ketones is 1. The van der Waals surface area contributed by atoms with E-state index < -0.39 is 23.6 Å². The van der Waals surface area contributed by atoms with Crippen LogP contribution in [0.5, 0.6) is 0 Å². The van der Waals surface area contributed by atoms with Gasteiger partial charge in [0.15, 0.2) is 0 Å². The van der Waals surface area contributed by atoms with Crippen LogP contribution in [-0.2, 0) is 20.9 Å². The highest BCUT2D eigenvalue weighted by Gasteiger charge is 2.42. The predicted octanol–water partition coefficient (Wildman–Crippen LogP) is -0.306. The van der Waals surface area contributed by atoms with Crippen molar-refractivity contribution in [3.8, 4) is 0 Å². The fraction of sp³-hybridized carbons (Fsp3) is 0.273. The molecule has 1 N–H and O–H groups in total. The lowest BCUT2D eigenvalue weighted by atomic mass is 10.1. The molecule has 0 bridgehead atoms. The zero-order valence-electron chi connectivity index (χ0n) is 8.87. The molecule has 1 aliphatic rings. The first-order valence-electron chi connectivity index (χ1n) is 5.04. The van der Waals surface area contributed by atoms with Crippen molar-refractivity contribution in [2.45, 2.75) is 6.54 Å². The summed E-state index contributed by atoms with van der Waals surface area (Å²) >= 11 is 0. The van der Waals surface area contributed by atoms with E-state index in [0.29, 0.717) is 0 Å². The average molecular weight is 234 g/mol. The van der Waals surface area contributed by atoms with Gasteiger partial charge in [-0.2, -0.15) is 0 Å². The van der Waals surface area contributed by atoms with E-state index >= 15 is 0 Å². The number of carboxylic acid groups (broad SMARTS) is 1. The topological polar surface area (TPSA) is 87.6 Å². The molecule has 0 saturated carbocycles. The van der Waals surface area contributed by atoms with Crippen LogP contribution >= 0.6 is 0 Å². The molecule has 1 unspecified atom stereocenters. The van der Waals surface area contributed by atoms with Gasteiger partial charge in [0.2, 0.25) is 5.78 Å². The third-order valence-corrected chi connectivity index (χ3v) is 2.64. The van der Waals surface area contributed by atoms with Crippen molar-refractivity contribution in [2.24, 2.45) is 5.92 Å². The van der Waals surface area contributed by atoms with Gasteiger partial charge in [-0.25, -0.2) is 0 Å². The van der Waals surface area contributed by atoms with Crippen LogP contribution < -0.4 is 0 Å². The molecule has 2 heterocycles. The number of aliphatic carboxylic acids is 1. The number of Topliss-reactive ketones (excluding diaryl/α,β-unsaturated/α-hetero) is 1. The lowest BCUT2D eigenvalue weighted by molar-refractivity contribution is -0.147. The maximum absolute atomic E-state index is 11.5. The minimum absolute atomic E-state index is 0.0602. The standard InChI is InChI=1S/C11H10N2O4/c14-9-8(11(16)17)6-13(10(9)15)5-7-1-3-12-4-2-7/h1-4,8H,5-6H2,(H,16,17). The molecule has 6 heteroatoms. The van der Waals surface area contributed by atoms with E-state index in [4.69, 9.17) is 5.11 Å². The Morgan fingerprint density at radius 1 is 1.41 bits per heavy atom. The Hall–Kier alpha value is -2.24. The summed E-state index contributed by atoms with van der Waals surface area (Å²) in [6.07, 6.45) is 3.15. The summed E-state index contributed by atoms with van der Waals surface area (Å²) in [4.78, 5) is 38.7. The van der Waals surface area contributed by atoms with Crippen LogP contribution in [0, 0.1) is 5.92 Å². The largest absolute Gasteiger partial charge is 0.481 e. The van der Waals surface area contributed by atoms with Crippen LogP contribution in [0.2, 0.25) is 0 Å². The first kappa shape index (κ1) is 11.3. The first-order valence-corrected chi connectivity index (χ1v) is 5.04. The number of aromatic nitrogens is 1. The lowest BCUT2D eigenvalue weighted by Crippen LogP contribution is -2.26. The molecular weight excluding hydrogens is 224 g/mol. The van der Waals surface area contributed by atoms with E-state index in [9.17, 15) is 14.4 Å². The fourth-order valence-corrected chi connectivity index (χ4v) is 1.73. The second kappa shape index (κ2) is 4.32. The summed E-state index contributed by atoms with van der Waals surface area (Å²) in [7, 11) is 0. The third-order valence-electron chi connectivity index (χ3n) is 2.64. The van der Waals surface area contributed by atoms with Crippen molar-refractivity contribution in [3.05, 3.63) is 30.1 Å². The number of carboxylic acids is 1. The number of carbonyl (C=O) groups is 3. The molecule has 2 rings (SSSR count). The van der Waals surface area contributed by atoms with Gasteiger partial charge in [0.1, 0.15) is 5.92 Å². The number of carbonyl (C=O) groups excluding carboxylic acids is 2. The second-order valence-corrected chi connectivity index (χ2v) is 3.80. The Balaban J connectivity index is 2.12. The maximum atomic E-state index is 11.5. The summed E-state index contributed by atoms with van der Waals surface area (Å²) in [5.41, 5.74) is 0.812. The van der Waals surface area contributed by atoms with Gasteiger partial charge in [0.05, 0.1) is 0 Å². The minimum atomic E-state index is -1.25. The zero-order chi connectivity index (χ0) is 12.4. The van der Waals surface area contributed by atoms with Gasteiger partial charge < -0.3 is 10.0 Å². The minimum Gasteiger partial charge on any atom is -0.481 e. The number of likely N-dealkylation sites (tertiary alicyclic amines) is 1. The maximum Gasteiger partial charge on any atom is 0.316 e. The molecule has 0 radical (unpaired) electrons. The molecule has 1 aromatic rings. The van der Waals surface area contributed by atoms with Crippen molar-refractivity contribution >= 4 is 17.7 Å². The Morgan fingerprint density at radius 3 is 2.59 bits per heavy atom. The molecule has 1 atom stereocenters. The molecule has 88 valence electrons. The van der Waals surface area contributed by atoms with Crippen LogP contribution in [0.15, 0.2) is 24.5 Å². The fourth-order valence-electron chi connectivity index (χ4n) is 1.73. The molecule has 0 aliphatic carbocycles. The highest BCUT2D eigenvalue weighted by Crippen LogP contribution is 2.17. The summed E-state index contributed by atoms with van der Waals surface area (Å²) in [5, 5.41) is 8.78. The van der Waals surface area contributed by atoms with Crippen LogP contribution in [0.3, 0.4) is 0 Å². The SMILES string of the molecule is O=C(O)C1CN(Cc2ccncc2)C(=O)C1=O. The van der Waals surface area contributed by atoms with Crippen LogP contribution in [-0.4, -0.2) is 39.2 Å². The molecule has 0 spiro atoms. The van der Waals surface area contributed by atoms with Crippen molar-refractivity contribution in [1.29, 1.82) is 0 Å². The van der Waals surface area contributed by atoms with E-state index in [0.717, 1.165) is 5.56 Å². The van der Waals surface area contributed by atoms with E-state index in [-0.39, 0.29) is 13.1 Å². The Morgan fingerprint density at radius 2 is 2.06 bits per heavy atom. The Bertz CT molecular complexity index is 472. The highest BCUT2D eigenvalue weighted by atomic mass is 16.4. The molecule has 1 saturated heterocycles. The number of nitrogens with zero attached hydrogens (tertiary/aromatic N) is 2. The Labute approximate surface area is 96.9 Å². The zero-order valence-corrected chi connectivity index (χ0v) is 8.87. The van der Waals surface area contributed by atoms with E-state index in [1.807, 2.05) is 0 Å². The summed E-state index contributed by atoms with van der Waals surface area (Å²) in [5.74, 6) is -4.05. The van der Waals surface area contributed by atoms with Crippen molar-refractivity contribution in [1.82, 2.24) is 9.88 Å². The molecule has 6 nitrogen and oxygen atoms in total. The molecule has 1 aromatic heterocycles. The molecule has 1 fully saturated rings. The van der Waals surface area contributed by atoms with E-state index in [2.05, 4.69) is 4.98 Å². The highest BCUT2D eigenvalue weighted by molar-refractivity contribution is 6.42. The molecule has 0 aromatic carbocycles. The van der Waals surface area contributed by atoms with Gasteiger partial charge in [-0.1, -0.05) is 0 Å². The van der Waals surface area contributed by atoms with Gasteiger partial charge >= 0.3 is 5.97 Å². The smallest absolute Gasteiger partial charge is 0.316 e. The first-order chi connectivity index (χ1) is 8.09. The van der Waals surface area contributed by atoms with Gasteiger partial charge in [0, 0.05) is 25.5 Å². The Kier molecular flexibility index (Phi) is 2.86. The third kappa shape index (κ3) is 2.15. The predicted molar refractivity (Wildman–Crippen MR) is 55.8 cm³/mol.